The lowest BCUT2D eigenvalue weighted by atomic mass is 10.1. The summed E-state index contributed by atoms with van der Waals surface area (Å²) in [5, 5.41) is 12.0. The van der Waals surface area contributed by atoms with Gasteiger partial charge in [-0.25, -0.2) is 0 Å². The number of rotatable bonds is 5. The van der Waals surface area contributed by atoms with Crippen molar-refractivity contribution in [1.82, 2.24) is 20.1 Å². The normalized spacial score (nSPS) is 17.5. The number of pyridine rings is 1. The number of aromatic nitrogens is 3. The lowest BCUT2D eigenvalue weighted by Gasteiger charge is -2.18. The molecule has 0 unspecified atom stereocenters. The molecule has 1 N–H and O–H groups in total. The maximum atomic E-state index is 12.4. The summed E-state index contributed by atoms with van der Waals surface area (Å²) in [7, 11) is 0. The van der Waals surface area contributed by atoms with Crippen LogP contribution < -0.4 is 5.32 Å². The Morgan fingerprint density at radius 3 is 3.00 bits per heavy atom. The highest BCUT2D eigenvalue weighted by Crippen LogP contribution is 2.27. The van der Waals surface area contributed by atoms with E-state index >= 15 is 0 Å². The van der Waals surface area contributed by atoms with Gasteiger partial charge < -0.3 is 10.2 Å². The quantitative estimate of drug-likeness (QED) is 0.896. The predicted octanol–water partition coefficient (Wildman–Crippen LogP) is 2.04. The van der Waals surface area contributed by atoms with E-state index in [1.807, 2.05) is 12.1 Å². The number of hydrogen-bond acceptors (Lipinski definition) is 6. The van der Waals surface area contributed by atoms with Gasteiger partial charge in [0, 0.05) is 37.5 Å². The van der Waals surface area contributed by atoms with Gasteiger partial charge in [-0.15, -0.1) is 10.2 Å². The smallest absolute Gasteiger partial charge is 0.231 e. The Kier molecular flexibility index (Phi) is 4.84. The summed E-state index contributed by atoms with van der Waals surface area (Å²) in [5.41, 5.74) is 0.856. The molecule has 0 saturated carbocycles. The van der Waals surface area contributed by atoms with Crippen LogP contribution in [0.5, 0.6) is 0 Å². The summed E-state index contributed by atoms with van der Waals surface area (Å²) < 4.78 is 0. The lowest BCUT2D eigenvalue weighted by molar-refractivity contribution is -0.128. The molecular weight excluding hydrogens is 326 g/mol. The Morgan fingerprint density at radius 2 is 2.29 bits per heavy atom. The second-order valence-corrected chi connectivity index (χ2v) is 7.21. The Morgan fingerprint density at radius 1 is 1.46 bits per heavy atom. The van der Waals surface area contributed by atoms with Gasteiger partial charge in [0.1, 0.15) is 0 Å². The first kappa shape index (κ1) is 16.5. The van der Waals surface area contributed by atoms with E-state index in [-0.39, 0.29) is 24.2 Å². The fourth-order valence-electron chi connectivity index (χ4n) is 2.65. The van der Waals surface area contributed by atoms with Gasteiger partial charge >= 0.3 is 0 Å². The Balaban J connectivity index is 1.62. The molecule has 24 heavy (non-hydrogen) atoms. The first-order valence-electron chi connectivity index (χ1n) is 7.85. The molecule has 3 rings (SSSR count). The van der Waals surface area contributed by atoms with Crippen LogP contribution in [0, 0.1) is 11.8 Å². The minimum absolute atomic E-state index is 0.0390. The van der Waals surface area contributed by atoms with Gasteiger partial charge in [-0.3, -0.25) is 14.6 Å². The molecule has 0 spiro atoms. The molecule has 0 radical (unpaired) electrons. The van der Waals surface area contributed by atoms with E-state index in [9.17, 15) is 9.59 Å². The molecule has 7 nitrogen and oxygen atoms in total. The zero-order valence-corrected chi connectivity index (χ0v) is 14.4. The summed E-state index contributed by atoms with van der Waals surface area (Å²) >= 11 is 1.29. The summed E-state index contributed by atoms with van der Waals surface area (Å²) in [5.74, 6) is -0.0800. The second-order valence-electron chi connectivity index (χ2n) is 6.24. The number of nitrogens with one attached hydrogen (secondary N) is 1. The molecule has 2 aromatic heterocycles. The van der Waals surface area contributed by atoms with Crippen molar-refractivity contribution >= 4 is 28.3 Å². The van der Waals surface area contributed by atoms with Crippen molar-refractivity contribution in [3.05, 3.63) is 24.5 Å². The molecule has 126 valence electrons. The molecule has 1 aliphatic heterocycles. The zero-order chi connectivity index (χ0) is 17.1. The first-order chi connectivity index (χ1) is 11.5. The standard InChI is InChI=1S/C16H19N5O2S/c1-10(2)8-21-9-12(6-13(21)22)14(23)18-16-20-19-15(24-16)11-4-3-5-17-7-11/h3-5,7,10,12H,6,8-9H2,1-2H3,(H,18,20,23)/t12-/m0/s1. The van der Waals surface area contributed by atoms with Gasteiger partial charge in [0.2, 0.25) is 16.9 Å². The van der Waals surface area contributed by atoms with Crippen molar-refractivity contribution in [3.8, 4) is 10.6 Å². The van der Waals surface area contributed by atoms with Gasteiger partial charge in [-0.1, -0.05) is 25.2 Å². The number of anilines is 1. The fraction of sp³-hybridized carbons (Fsp3) is 0.438. The number of nitrogens with zero attached hydrogens (tertiary/aromatic N) is 4. The molecule has 0 aliphatic carbocycles. The van der Waals surface area contributed by atoms with E-state index in [0.717, 1.165) is 5.56 Å². The molecule has 2 amide bonds. The molecule has 0 aromatic carbocycles. The van der Waals surface area contributed by atoms with Crippen molar-refractivity contribution < 1.29 is 9.59 Å². The largest absolute Gasteiger partial charge is 0.342 e. The highest BCUT2D eigenvalue weighted by Gasteiger charge is 2.34. The molecular formula is C16H19N5O2S. The minimum Gasteiger partial charge on any atom is -0.342 e. The van der Waals surface area contributed by atoms with Crippen molar-refractivity contribution in [2.24, 2.45) is 11.8 Å². The predicted molar refractivity (Wildman–Crippen MR) is 91.3 cm³/mol. The van der Waals surface area contributed by atoms with Gasteiger partial charge in [0.05, 0.1) is 5.92 Å². The minimum atomic E-state index is -0.331. The van der Waals surface area contributed by atoms with Crippen molar-refractivity contribution in [3.63, 3.8) is 0 Å². The molecule has 1 fully saturated rings. The van der Waals surface area contributed by atoms with Gasteiger partial charge in [-0.2, -0.15) is 0 Å². The van der Waals surface area contributed by atoms with E-state index in [4.69, 9.17) is 0 Å². The Labute approximate surface area is 144 Å². The lowest BCUT2D eigenvalue weighted by Crippen LogP contribution is -2.31. The van der Waals surface area contributed by atoms with Crippen LogP contribution in [0.15, 0.2) is 24.5 Å². The third-order valence-corrected chi connectivity index (χ3v) is 4.62. The summed E-state index contributed by atoms with van der Waals surface area (Å²) in [4.78, 5) is 30.2. The van der Waals surface area contributed by atoms with E-state index in [2.05, 4.69) is 34.3 Å². The number of carbonyl (C=O) groups excluding carboxylic acids is 2. The van der Waals surface area contributed by atoms with Crippen LogP contribution in [-0.2, 0) is 9.59 Å². The molecule has 1 saturated heterocycles. The first-order valence-corrected chi connectivity index (χ1v) is 8.67. The summed E-state index contributed by atoms with van der Waals surface area (Å²) in [6.45, 7) is 5.27. The van der Waals surface area contributed by atoms with Crippen molar-refractivity contribution in [2.45, 2.75) is 20.3 Å². The van der Waals surface area contributed by atoms with Crippen LogP contribution in [-0.4, -0.2) is 45.0 Å². The number of carbonyl (C=O) groups is 2. The maximum Gasteiger partial charge on any atom is 0.231 e. The van der Waals surface area contributed by atoms with Crippen LogP contribution in [0.4, 0.5) is 5.13 Å². The van der Waals surface area contributed by atoms with Crippen LogP contribution in [0.2, 0.25) is 0 Å². The van der Waals surface area contributed by atoms with Gasteiger partial charge in [0.15, 0.2) is 5.01 Å². The second kappa shape index (κ2) is 7.04. The van der Waals surface area contributed by atoms with Gasteiger partial charge in [0.25, 0.3) is 0 Å². The molecule has 8 heteroatoms. The van der Waals surface area contributed by atoms with E-state index in [1.54, 1.807) is 17.3 Å². The average molecular weight is 345 g/mol. The number of hydrogen-bond donors (Lipinski definition) is 1. The maximum absolute atomic E-state index is 12.4. The van der Waals surface area contributed by atoms with Gasteiger partial charge in [-0.05, 0) is 18.1 Å². The fourth-order valence-corrected chi connectivity index (χ4v) is 3.39. The number of amides is 2. The summed E-state index contributed by atoms with van der Waals surface area (Å²) in [6.07, 6.45) is 3.64. The third kappa shape index (κ3) is 3.76. The Hall–Kier alpha value is -2.35. The summed E-state index contributed by atoms with van der Waals surface area (Å²) in [6, 6.07) is 3.71. The molecule has 1 aliphatic rings. The number of likely N-dealkylation sites (tertiary alicyclic amines) is 1. The molecule has 3 heterocycles. The average Bonchev–Trinajstić information content (AvgIpc) is 3.15. The van der Waals surface area contributed by atoms with Crippen molar-refractivity contribution in [2.75, 3.05) is 18.4 Å². The molecule has 1 atom stereocenters. The third-order valence-electron chi connectivity index (χ3n) is 3.73. The van der Waals surface area contributed by atoms with E-state index in [1.165, 1.54) is 11.3 Å². The highest BCUT2D eigenvalue weighted by atomic mass is 32.1. The molecule has 0 bridgehead atoms. The van der Waals surface area contributed by atoms with Crippen molar-refractivity contribution in [1.29, 1.82) is 0 Å². The van der Waals surface area contributed by atoms with Crippen LogP contribution in [0.1, 0.15) is 20.3 Å². The molecule has 2 aromatic rings. The van der Waals surface area contributed by atoms with E-state index < -0.39 is 0 Å². The highest BCUT2D eigenvalue weighted by molar-refractivity contribution is 7.18. The monoisotopic (exact) mass is 345 g/mol. The zero-order valence-electron chi connectivity index (χ0n) is 13.6. The van der Waals surface area contributed by atoms with Crippen LogP contribution in [0.3, 0.4) is 0 Å². The van der Waals surface area contributed by atoms with Crippen LogP contribution in [0.25, 0.3) is 10.6 Å². The Bertz CT molecular complexity index is 731. The topological polar surface area (TPSA) is 88.1 Å². The SMILES string of the molecule is CC(C)CN1C[C@@H](C(=O)Nc2nnc(-c3cccnc3)s2)CC1=O. The van der Waals surface area contributed by atoms with Crippen LogP contribution >= 0.6 is 11.3 Å². The van der Waals surface area contributed by atoms with E-state index in [0.29, 0.717) is 29.1 Å².